The second-order valence-electron chi connectivity index (χ2n) is 7.35. The third-order valence-electron chi connectivity index (χ3n) is 5.37. The SMILES string of the molecule is c1ccc([C@@H]2CCCN2Cc2ccccc2OCCCCn2ccnc2)nc1. The van der Waals surface area contributed by atoms with Gasteiger partial charge in [0.25, 0.3) is 0 Å². The summed E-state index contributed by atoms with van der Waals surface area (Å²) in [5.74, 6) is 1.01. The Morgan fingerprint density at radius 2 is 1.96 bits per heavy atom. The van der Waals surface area contributed by atoms with Crippen molar-refractivity contribution in [2.75, 3.05) is 13.2 Å². The first kappa shape index (κ1) is 18.7. The van der Waals surface area contributed by atoms with Crippen molar-refractivity contribution in [1.29, 1.82) is 0 Å². The Balaban J connectivity index is 1.32. The molecule has 1 saturated heterocycles. The number of rotatable bonds is 9. The topological polar surface area (TPSA) is 43.2 Å². The average Bonchev–Trinajstić information content (AvgIpc) is 3.42. The van der Waals surface area contributed by atoms with Crippen LogP contribution in [0.1, 0.15) is 43.0 Å². The first-order chi connectivity index (χ1) is 13.9. The molecule has 5 nitrogen and oxygen atoms in total. The van der Waals surface area contributed by atoms with Crippen LogP contribution in [0.5, 0.6) is 5.75 Å². The standard InChI is InChI=1S/C23H28N4O/c1-2-11-23(28-17-6-5-14-26-16-13-24-19-26)20(8-1)18-27-15-7-10-22(27)21-9-3-4-12-25-21/h1-4,8-9,11-13,16,19,22H,5-7,10,14-15,17-18H2/t22-/m0/s1. The van der Waals surface area contributed by atoms with E-state index < -0.39 is 0 Å². The molecule has 0 saturated carbocycles. The molecular weight excluding hydrogens is 348 g/mol. The number of aryl methyl sites for hydroxylation is 1. The van der Waals surface area contributed by atoms with Gasteiger partial charge in [0.2, 0.25) is 0 Å². The van der Waals surface area contributed by atoms with Gasteiger partial charge in [0.1, 0.15) is 5.75 Å². The molecular formula is C23H28N4O. The summed E-state index contributed by atoms with van der Waals surface area (Å²) in [6.07, 6.45) is 12.1. The zero-order valence-corrected chi connectivity index (χ0v) is 16.3. The fraction of sp³-hybridized carbons (Fsp3) is 0.391. The van der Waals surface area contributed by atoms with E-state index in [2.05, 4.69) is 55.8 Å². The smallest absolute Gasteiger partial charge is 0.123 e. The minimum Gasteiger partial charge on any atom is -0.493 e. The van der Waals surface area contributed by atoms with Gasteiger partial charge in [-0.25, -0.2) is 4.98 Å². The summed E-state index contributed by atoms with van der Waals surface area (Å²) in [4.78, 5) is 11.2. The highest BCUT2D eigenvalue weighted by molar-refractivity contribution is 5.33. The summed E-state index contributed by atoms with van der Waals surface area (Å²) in [5.41, 5.74) is 2.44. The van der Waals surface area contributed by atoms with Gasteiger partial charge >= 0.3 is 0 Å². The Morgan fingerprint density at radius 1 is 1.04 bits per heavy atom. The average molecular weight is 377 g/mol. The van der Waals surface area contributed by atoms with Crippen LogP contribution in [-0.4, -0.2) is 32.6 Å². The molecule has 0 aliphatic carbocycles. The molecule has 3 aromatic rings. The fourth-order valence-electron chi connectivity index (χ4n) is 3.92. The Kier molecular flexibility index (Phi) is 6.35. The van der Waals surface area contributed by atoms with E-state index in [-0.39, 0.29) is 0 Å². The molecule has 0 amide bonds. The van der Waals surface area contributed by atoms with Gasteiger partial charge in [-0.15, -0.1) is 0 Å². The van der Waals surface area contributed by atoms with Gasteiger partial charge in [-0.2, -0.15) is 0 Å². The van der Waals surface area contributed by atoms with Gasteiger partial charge in [-0.05, 0) is 50.4 Å². The molecule has 5 heteroatoms. The number of hydrogen-bond donors (Lipinski definition) is 0. The summed E-state index contributed by atoms with van der Waals surface area (Å²) in [5, 5.41) is 0. The first-order valence-electron chi connectivity index (χ1n) is 10.2. The lowest BCUT2D eigenvalue weighted by Gasteiger charge is -2.25. The molecule has 3 heterocycles. The van der Waals surface area contributed by atoms with E-state index in [1.807, 2.05) is 31.0 Å². The third kappa shape index (κ3) is 4.78. The number of nitrogens with zero attached hydrogens (tertiary/aromatic N) is 4. The van der Waals surface area contributed by atoms with E-state index >= 15 is 0 Å². The molecule has 0 N–H and O–H groups in total. The molecule has 0 unspecified atom stereocenters. The van der Waals surface area contributed by atoms with Crippen molar-refractivity contribution in [3.8, 4) is 5.75 Å². The fourth-order valence-corrected chi connectivity index (χ4v) is 3.92. The van der Waals surface area contributed by atoms with Crippen LogP contribution in [0.25, 0.3) is 0 Å². The first-order valence-corrected chi connectivity index (χ1v) is 10.2. The van der Waals surface area contributed by atoms with Crippen molar-refractivity contribution in [3.63, 3.8) is 0 Å². The molecule has 0 bridgehead atoms. The van der Waals surface area contributed by atoms with Crippen molar-refractivity contribution < 1.29 is 4.74 Å². The Bertz CT molecular complexity index is 835. The number of ether oxygens (including phenoxy) is 1. The molecule has 4 rings (SSSR count). The summed E-state index contributed by atoms with van der Waals surface area (Å²) in [7, 11) is 0. The molecule has 1 aliphatic rings. The number of likely N-dealkylation sites (tertiary alicyclic amines) is 1. The zero-order chi connectivity index (χ0) is 19.0. The lowest BCUT2D eigenvalue weighted by Crippen LogP contribution is -2.23. The van der Waals surface area contributed by atoms with E-state index in [0.29, 0.717) is 6.04 Å². The highest BCUT2D eigenvalue weighted by atomic mass is 16.5. The Morgan fingerprint density at radius 3 is 2.82 bits per heavy atom. The van der Waals surface area contributed by atoms with Gasteiger partial charge in [0.15, 0.2) is 0 Å². The van der Waals surface area contributed by atoms with Gasteiger partial charge in [0, 0.05) is 37.2 Å². The molecule has 2 aromatic heterocycles. The number of hydrogen-bond acceptors (Lipinski definition) is 4. The normalized spacial score (nSPS) is 17.1. The van der Waals surface area contributed by atoms with Crippen LogP contribution >= 0.6 is 0 Å². The van der Waals surface area contributed by atoms with E-state index in [9.17, 15) is 0 Å². The number of aromatic nitrogens is 3. The van der Waals surface area contributed by atoms with Crippen LogP contribution in [0.2, 0.25) is 0 Å². The predicted molar refractivity (Wildman–Crippen MR) is 110 cm³/mol. The van der Waals surface area contributed by atoms with Gasteiger partial charge in [0.05, 0.1) is 24.7 Å². The van der Waals surface area contributed by atoms with Crippen LogP contribution in [0.4, 0.5) is 0 Å². The highest BCUT2D eigenvalue weighted by Crippen LogP contribution is 2.33. The van der Waals surface area contributed by atoms with Crippen LogP contribution in [0.15, 0.2) is 67.4 Å². The van der Waals surface area contributed by atoms with Gasteiger partial charge in [-0.3, -0.25) is 9.88 Å². The molecule has 0 spiro atoms. The number of imidazole rings is 1. The molecule has 1 atom stereocenters. The largest absolute Gasteiger partial charge is 0.493 e. The Labute approximate surface area is 167 Å². The molecule has 146 valence electrons. The number of unbranched alkanes of at least 4 members (excludes halogenated alkanes) is 1. The van der Waals surface area contributed by atoms with Gasteiger partial charge < -0.3 is 9.30 Å². The summed E-state index contributed by atoms with van der Waals surface area (Å²) in [6, 6.07) is 15.1. The van der Waals surface area contributed by atoms with Crippen LogP contribution in [0.3, 0.4) is 0 Å². The molecule has 1 aromatic carbocycles. The second kappa shape index (κ2) is 9.51. The minimum atomic E-state index is 0.407. The van der Waals surface area contributed by atoms with E-state index in [1.54, 1.807) is 0 Å². The van der Waals surface area contributed by atoms with Gasteiger partial charge in [-0.1, -0.05) is 24.3 Å². The summed E-state index contributed by atoms with van der Waals surface area (Å²) < 4.78 is 8.25. The quantitative estimate of drug-likeness (QED) is 0.517. The lowest BCUT2D eigenvalue weighted by atomic mass is 10.1. The van der Waals surface area contributed by atoms with Crippen molar-refractivity contribution in [2.24, 2.45) is 0 Å². The summed E-state index contributed by atoms with van der Waals surface area (Å²) in [6.45, 7) is 3.76. The molecule has 1 fully saturated rings. The third-order valence-corrected chi connectivity index (χ3v) is 5.37. The maximum absolute atomic E-state index is 6.14. The Hall–Kier alpha value is -2.66. The zero-order valence-electron chi connectivity index (χ0n) is 16.3. The van der Waals surface area contributed by atoms with Crippen molar-refractivity contribution >= 4 is 0 Å². The predicted octanol–water partition coefficient (Wildman–Crippen LogP) is 4.47. The van der Waals surface area contributed by atoms with E-state index in [1.165, 1.54) is 24.1 Å². The number of para-hydroxylation sites is 1. The number of benzene rings is 1. The maximum Gasteiger partial charge on any atom is 0.123 e. The van der Waals surface area contributed by atoms with Crippen LogP contribution < -0.4 is 4.74 Å². The number of pyridine rings is 1. The molecule has 28 heavy (non-hydrogen) atoms. The monoisotopic (exact) mass is 376 g/mol. The lowest BCUT2D eigenvalue weighted by molar-refractivity contribution is 0.236. The second-order valence-corrected chi connectivity index (χ2v) is 7.35. The summed E-state index contributed by atoms with van der Waals surface area (Å²) >= 11 is 0. The van der Waals surface area contributed by atoms with Crippen LogP contribution in [-0.2, 0) is 13.1 Å². The minimum absolute atomic E-state index is 0.407. The van der Waals surface area contributed by atoms with Crippen molar-refractivity contribution in [1.82, 2.24) is 19.4 Å². The van der Waals surface area contributed by atoms with E-state index in [4.69, 9.17) is 4.74 Å². The van der Waals surface area contributed by atoms with Crippen molar-refractivity contribution in [2.45, 2.75) is 44.8 Å². The molecule has 0 radical (unpaired) electrons. The van der Waals surface area contributed by atoms with Crippen LogP contribution in [0, 0.1) is 0 Å². The van der Waals surface area contributed by atoms with E-state index in [0.717, 1.165) is 44.8 Å². The maximum atomic E-state index is 6.14. The molecule has 1 aliphatic heterocycles. The van der Waals surface area contributed by atoms with Crippen molar-refractivity contribution in [3.05, 3.63) is 78.6 Å². The highest BCUT2D eigenvalue weighted by Gasteiger charge is 2.27.